The molecule has 2 rings (SSSR count). The number of halogens is 1. The van der Waals surface area contributed by atoms with Crippen molar-refractivity contribution in [1.82, 2.24) is 4.98 Å². The molecule has 0 radical (unpaired) electrons. The first-order valence-electron chi connectivity index (χ1n) is 4.51. The summed E-state index contributed by atoms with van der Waals surface area (Å²) in [6.07, 6.45) is 0. The summed E-state index contributed by atoms with van der Waals surface area (Å²) < 4.78 is 13.7. The van der Waals surface area contributed by atoms with Crippen molar-refractivity contribution in [3.63, 3.8) is 0 Å². The van der Waals surface area contributed by atoms with Gasteiger partial charge in [-0.2, -0.15) is 0 Å². The van der Waals surface area contributed by atoms with Gasteiger partial charge in [-0.25, -0.2) is 4.39 Å². The zero-order chi connectivity index (χ0) is 11.0. The highest BCUT2D eigenvalue weighted by molar-refractivity contribution is 6.59. The molecular weight excluding hydrogens is 196 g/mol. The van der Waals surface area contributed by atoms with Crippen LogP contribution in [0.25, 0.3) is 10.9 Å². The fourth-order valence-electron chi connectivity index (χ4n) is 1.47. The molecule has 0 aliphatic rings. The lowest BCUT2D eigenvalue weighted by Gasteiger charge is -2.05. The molecule has 1 aromatic carbocycles. The Balaban J connectivity index is 2.77. The first-order valence-corrected chi connectivity index (χ1v) is 4.51. The van der Waals surface area contributed by atoms with E-state index in [-0.39, 0.29) is 11.0 Å². The number of aryl methyl sites for hydroxylation is 1. The Morgan fingerprint density at radius 3 is 2.53 bits per heavy atom. The van der Waals surface area contributed by atoms with Gasteiger partial charge < -0.3 is 10.0 Å². The number of hydrogen-bond acceptors (Lipinski definition) is 3. The Labute approximate surface area is 86.3 Å². The summed E-state index contributed by atoms with van der Waals surface area (Å²) in [5, 5.41) is 18.5. The number of fused-ring (bicyclic) bond motifs is 1. The predicted molar refractivity (Wildman–Crippen MR) is 56.3 cm³/mol. The van der Waals surface area contributed by atoms with Crippen LogP contribution in [-0.2, 0) is 0 Å². The largest absolute Gasteiger partial charge is 0.491 e. The molecule has 2 N–H and O–H groups in total. The van der Waals surface area contributed by atoms with E-state index >= 15 is 0 Å². The summed E-state index contributed by atoms with van der Waals surface area (Å²) in [5.74, 6) is -0.675. The highest BCUT2D eigenvalue weighted by Gasteiger charge is 2.18. The molecule has 0 atom stereocenters. The second-order valence-electron chi connectivity index (χ2n) is 3.37. The molecule has 0 spiro atoms. The van der Waals surface area contributed by atoms with Gasteiger partial charge in [-0.05, 0) is 13.0 Å². The molecule has 0 saturated carbocycles. The van der Waals surface area contributed by atoms with E-state index in [0.717, 1.165) is 0 Å². The van der Waals surface area contributed by atoms with Crippen molar-refractivity contribution >= 4 is 23.5 Å². The van der Waals surface area contributed by atoms with Gasteiger partial charge in [0.05, 0.1) is 0 Å². The highest BCUT2D eigenvalue weighted by atomic mass is 19.1. The number of benzene rings is 1. The van der Waals surface area contributed by atoms with E-state index in [1.807, 2.05) is 0 Å². The quantitative estimate of drug-likeness (QED) is 0.661. The van der Waals surface area contributed by atoms with E-state index in [9.17, 15) is 4.39 Å². The molecule has 0 aliphatic heterocycles. The average Bonchev–Trinajstić information content (AvgIpc) is 2.19. The van der Waals surface area contributed by atoms with Crippen LogP contribution in [0.4, 0.5) is 4.39 Å². The lowest BCUT2D eigenvalue weighted by atomic mass is 9.79. The van der Waals surface area contributed by atoms with E-state index in [4.69, 9.17) is 10.0 Å². The van der Waals surface area contributed by atoms with Gasteiger partial charge in [0.25, 0.3) is 0 Å². The number of pyridine rings is 1. The van der Waals surface area contributed by atoms with Gasteiger partial charge in [0.15, 0.2) is 0 Å². The van der Waals surface area contributed by atoms with Crippen molar-refractivity contribution in [1.29, 1.82) is 0 Å². The summed E-state index contributed by atoms with van der Waals surface area (Å²) in [5.41, 5.74) is 0.701. The molecule has 5 heteroatoms. The van der Waals surface area contributed by atoms with E-state index in [1.165, 1.54) is 6.07 Å². The smallest absolute Gasteiger partial charge is 0.423 e. The van der Waals surface area contributed by atoms with Crippen molar-refractivity contribution in [2.45, 2.75) is 6.92 Å². The third-order valence-corrected chi connectivity index (χ3v) is 2.25. The summed E-state index contributed by atoms with van der Waals surface area (Å²) in [6.45, 7) is 1.75. The SMILES string of the molecule is Cc1ccc2ccc(B(O)O)c(F)c2n1. The van der Waals surface area contributed by atoms with Crippen molar-refractivity contribution in [2.24, 2.45) is 0 Å². The van der Waals surface area contributed by atoms with Crippen LogP contribution in [0.3, 0.4) is 0 Å². The summed E-state index contributed by atoms with van der Waals surface area (Å²) in [6, 6.07) is 6.48. The molecule has 1 heterocycles. The van der Waals surface area contributed by atoms with Crippen LogP contribution >= 0.6 is 0 Å². The first kappa shape index (κ1) is 10.1. The third-order valence-electron chi connectivity index (χ3n) is 2.25. The van der Waals surface area contributed by atoms with Crippen LogP contribution in [-0.4, -0.2) is 22.2 Å². The molecule has 1 aromatic heterocycles. The summed E-state index contributed by atoms with van der Waals surface area (Å²) >= 11 is 0. The Bertz CT molecular complexity index is 516. The van der Waals surface area contributed by atoms with E-state index in [1.54, 1.807) is 25.1 Å². The molecule has 15 heavy (non-hydrogen) atoms. The van der Waals surface area contributed by atoms with Gasteiger partial charge in [0.2, 0.25) is 0 Å². The Kier molecular flexibility index (Phi) is 2.42. The number of hydrogen-bond donors (Lipinski definition) is 2. The summed E-state index contributed by atoms with van der Waals surface area (Å²) in [4.78, 5) is 4.02. The molecular formula is C10H9BFNO2. The Morgan fingerprint density at radius 1 is 1.20 bits per heavy atom. The fourth-order valence-corrected chi connectivity index (χ4v) is 1.47. The topological polar surface area (TPSA) is 53.4 Å². The van der Waals surface area contributed by atoms with Crippen molar-refractivity contribution in [3.05, 3.63) is 35.8 Å². The van der Waals surface area contributed by atoms with Crippen molar-refractivity contribution in [3.8, 4) is 0 Å². The maximum absolute atomic E-state index is 13.7. The van der Waals surface area contributed by atoms with Gasteiger partial charge in [-0.15, -0.1) is 0 Å². The minimum Gasteiger partial charge on any atom is -0.423 e. The molecule has 2 aromatic rings. The van der Waals surface area contributed by atoms with Crippen LogP contribution < -0.4 is 5.46 Å². The lowest BCUT2D eigenvalue weighted by molar-refractivity contribution is 0.423. The minimum atomic E-state index is -1.81. The lowest BCUT2D eigenvalue weighted by Crippen LogP contribution is -2.32. The molecule has 0 fully saturated rings. The predicted octanol–water partition coefficient (Wildman–Crippen LogP) is 0.362. The van der Waals surface area contributed by atoms with Gasteiger partial charge in [0.1, 0.15) is 11.3 Å². The van der Waals surface area contributed by atoms with Gasteiger partial charge >= 0.3 is 7.12 Å². The standard InChI is InChI=1S/C10H9BFNO2/c1-6-2-3-7-4-5-8(11(14)15)9(12)10(7)13-6/h2-5,14-15H,1H3. The zero-order valence-electron chi connectivity index (χ0n) is 8.11. The second kappa shape index (κ2) is 3.60. The fraction of sp³-hybridized carbons (Fsp3) is 0.100. The molecule has 0 amide bonds. The molecule has 3 nitrogen and oxygen atoms in total. The molecule has 76 valence electrons. The van der Waals surface area contributed by atoms with Crippen LogP contribution in [0, 0.1) is 12.7 Å². The monoisotopic (exact) mass is 205 g/mol. The summed E-state index contributed by atoms with van der Waals surface area (Å²) in [7, 11) is -1.81. The zero-order valence-corrected chi connectivity index (χ0v) is 8.11. The first-order chi connectivity index (χ1) is 7.09. The van der Waals surface area contributed by atoms with Gasteiger partial charge in [0, 0.05) is 16.5 Å². The number of rotatable bonds is 1. The normalized spacial score (nSPS) is 10.7. The Hall–Kier alpha value is -1.46. The maximum atomic E-state index is 13.7. The van der Waals surface area contributed by atoms with Crippen LogP contribution in [0.5, 0.6) is 0 Å². The molecule has 0 unspecified atom stereocenters. The minimum absolute atomic E-state index is 0.152. The van der Waals surface area contributed by atoms with Crippen LogP contribution in [0.1, 0.15) is 5.69 Å². The van der Waals surface area contributed by atoms with Crippen molar-refractivity contribution < 1.29 is 14.4 Å². The highest BCUT2D eigenvalue weighted by Crippen LogP contribution is 2.14. The van der Waals surface area contributed by atoms with E-state index in [2.05, 4.69) is 4.98 Å². The molecule has 0 saturated heterocycles. The van der Waals surface area contributed by atoms with Crippen molar-refractivity contribution in [2.75, 3.05) is 0 Å². The van der Waals surface area contributed by atoms with Crippen LogP contribution in [0.15, 0.2) is 24.3 Å². The average molecular weight is 205 g/mol. The van der Waals surface area contributed by atoms with E-state index < -0.39 is 12.9 Å². The van der Waals surface area contributed by atoms with Gasteiger partial charge in [-0.3, -0.25) is 4.98 Å². The number of aromatic nitrogens is 1. The number of nitrogens with zero attached hydrogens (tertiary/aromatic N) is 1. The second-order valence-corrected chi connectivity index (χ2v) is 3.37. The van der Waals surface area contributed by atoms with Crippen LogP contribution in [0.2, 0.25) is 0 Å². The molecule has 0 bridgehead atoms. The maximum Gasteiger partial charge on any atom is 0.491 e. The van der Waals surface area contributed by atoms with Gasteiger partial charge in [-0.1, -0.05) is 18.2 Å². The third kappa shape index (κ3) is 1.71. The van der Waals surface area contributed by atoms with E-state index in [0.29, 0.717) is 11.1 Å². The Morgan fingerprint density at radius 2 is 1.87 bits per heavy atom. The molecule has 0 aliphatic carbocycles.